The first kappa shape index (κ1) is 18.7. The monoisotopic (exact) mass is 364 g/mol. The molecule has 4 nitrogen and oxygen atoms in total. The number of benzene rings is 2. The van der Waals surface area contributed by atoms with Crippen molar-refractivity contribution in [3.05, 3.63) is 65.0 Å². The molecule has 1 unspecified atom stereocenters. The molecule has 1 N–H and O–H groups in total. The van der Waals surface area contributed by atoms with Crippen molar-refractivity contribution in [1.82, 2.24) is 5.32 Å². The second-order valence-corrected chi connectivity index (χ2v) is 6.67. The standard InChI is InChI=1S/C22H21FN2O2/c1-15-9-10-19(12-16(15)2)25-14-18(13-21(25)26)22(27)24-11-5-7-17-6-3-4-8-20(17)23/h3-4,6,8-10,12,18H,11,13-14H2,1-2H3,(H,24,27). The Hall–Kier alpha value is -3.13. The quantitative estimate of drug-likeness (QED) is 0.852. The smallest absolute Gasteiger partial charge is 0.227 e. The Morgan fingerprint density at radius 2 is 2.00 bits per heavy atom. The van der Waals surface area contributed by atoms with Crippen LogP contribution in [0.3, 0.4) is 0 Å². The zero-order chi connectivity index (χ0) is 19.4. The van der Waals surface area contributed by atoms with E-state index in [9.17, 15) is 14.0 Å². The van der Waals surface area contributed by atoms with E-state index in [0.717, 1.165) is 16.8 Å². The predicted octanol–water partition coefficient (Wildman–Crippen LogP) is 2.96. The summed E-state index contributed by atoms with van der Waals surface area (Å²) in [7, 11) is 0. The molecule has 0 aliphatic carbocycles. The van der Waals surface area contributed by atoms with Gasteiger partial charge in [-0.2, -0.15) is 0 Å². The van der Waals surface area contributed by atoms with Crippen LogP contribution in [0.4, 0.5) is 10.1 Å². The zero-order valence-corrected chi connectivity index (χ0v) is 15.4. The van der Waals surface area contributed by atoms with Gasteiger partial charge in [-0.15, -0.1) is 0 Å². The van der Waals surface area contributed by atoms with E-state index >= 15 is 0 Å². The molecule has 1 saturated heterocycles. The average molecular weight is 364 g/mol. The number of nitrogens with zero attached hydrogens (tertiary/aromatic N) is 1. The first-order valence-corrected chi connectivity index (χ1v) is 8.84. The number of carbonyl (C=O) groups is 2. The maximum atomic E-state index is 13.5. The summed E-state index contributed by atoms with van der Waals surface area (Å²) in [6.07, 6.45) is 0.180. The Morgan fingerprint density at radius 1 is 1.22 bits per heavy atom. The summed E-state index contributed by atoms with van der Waals surface area (Å²) >= 11 is 0. The van der Waals surface area contributed by atoms with Crippen molar-refractivity contribution in [3.63, 3.8) is 0 Å². The minimum atomic E-state index is -0.408. The number of rotatable bonds is 3. The molecule has 2 aromatic rings. The number of anilines is 1. The number of aryl methyl sites for hydroxylation is 2. The van der Waals surface area contributed by atoms with Crippen LogP contribution in [0.1, 0.15) is 23.1 Å². The molecule has 1 atom stereocenters. The fourth-order valence-electron chi connectivity index (χ4n) is 3.00. The molecule has 1 aliphatic rings. The molecule has 2 aromatic carbocycles. The van der Waals surface area contributed by atoms with E-state index in [-0.39, 0.29) is 30.6 Å². The Morgan fingerprint density at radius 3 is 2.74 bits per heavy atom. The second-order valence-electron chi connectivity index (χ2n) is 6.67. The maximum Gasteiger partial charge on any atom is 0.227 e. The summed E-state index contributed by atoms with van der Waals surface area (Å²) in [5.41, 5.74) is 3.38. The minimum Gasteiger partial charge on any atom is -0.345 e. The van der Waals surface area contributed by atoms with Crippen LogP contribution in [0.15, 0.2) is 42.5 Å². The molecule has 1 fully saturated rings. The Bertz CT molecular complexity index is 943. The van der Waals surface area contributed by atoms with Crippen molar-refractivity contribution < 1.29 is 14.0 Å². The second kappa shape index (κ2) is 8.05. The Labute approximate surface area is 158 Å². The third kappa shape index (κ3) is 4.35. The number of hydrogen-bond donors (Lipinski definition) is 1. The van der Waals surface area contributed by atoms with Crippen molar-refractivity contribution >= 4 is 17.5 Å². The van der Waals surface area contributed by atoms with Gasteiger partial charge in [0.2, 0.25) is 11.8 Å². The highest BCUT2D eigenvalue weighted by molar-refractivity contribution is 6.00. The van der Waals surface area contributed by atoms with Gasteiger partial charge in [-0.3, -0.25) is 9.59 Å². The number of hydrogen-bond acceptors (Lipinski definition) is 2. The average Bonchev–Trinajstić information content (AvgIpc) is 3.04. The molecular formula is C22H21FN2O2. The van der Waals surface area contributed by atoms with Gasteiger partial charge in [-0.25, -0.2) is 4.39 Å². The topological polar surface area (TPSA) is 49.4 Å². The lowest BCUT2D eigenvalue weighted by atomic mass is 10.1. The van der Waals surface area contributed by atoms with Gasteiger partial charge in [0.25, 0.3) is 0 Å². The molecule has 0 aromatic heterocycles. The molecule has 3 rings (SSSR count). The third-order valence-corrected chi connectivity index (χ3v) is 4.75. The van der Waals surface area contributed by atoms with Crippen molar-refractivity contribution in [2.45, 2.75) is 20.3 Å². The molecule has 0 spiro atoms. The predicted molar refractivity (Wildman–Crippen MR) is 103 cm³/mol. The first-order valence-electron chi connectivity index (χ1n) is 8.84. The van der Waals surface area contributed by atoms with Gasteiger partial charge >= 0.3 is 0 Å². The summed E-state index contributed by atoms with van der Waals surface area (Å²) in [5, 5.41) is 2.71. The van der Waals surface area contributed by atoms with Gasteiger partial charge in [-0.05, 0) is 49.2 Å². The summed E-state index contributed by atoms with van der Waals surface area (Å²) < 4.78 is 13.5. The molecule has 27 heavy (non-hydrogen) atoms. The van der Waals surface area contributed by atoms with Crippen LogP contribution < -0.4 is 10.2 Å². The van der Waals surface area contributed by atoms with Gasteiger partial charge < -0.3 is 10.2 Å². The van der Waals surface area contributed by atoms with E-state index in [1.807, 2.05) is 32.0 Å². The van der Waals surface area contributed by atoms with Crippen LogP contribution in [-0.4, -0.2) is 24.9 Å². The zero-order valence-electron chi connectivity index (χ0n) is 15.4. The van der Waals surface area contributed by atoms with Gasteiger partial charge in [-0.1, -0.05) is 30.0 Å². The largest absolute Gasteiger partial charge is 0.345 e. The fourth-order valence-corrected chi connectivity index (χ4v) is 3.00. The van der Waals surface area contributed by atoms with Crippen LogP contribution in [-0.2, 0) is 9.59 Å². The van der Waals surface area contributed by atoms with Gasteiger partial charge in [0, 0.05) is 18.7 Å². The molecule has 0 radical (unpaired) electrons. The number of halogens is 1. The van der Waals surface area contributed by atoms with E-state index in [0.29, 0.717) is 12.1 Å². The van der Waals surface area contributed by atoms with E-state index in [1.165, 1.54) is 6.07 Å². The normalized spacial score (nSPS) is 16.0. The van der Waals surface area contributed by atoms with Crippen LogP contribution >= 0.6 is 0 Å². The maximum absolute atomic E-state index is 13.5. The molecule has 0 bridgehead atoms. The number of nitrogens with one attached hydrogen (secondary N) is 1. The van der Waals surface area contributed by atoms with Crippen molar-refractivity contribution in [2.24, 2.45) is 5.92 Å². The van der Waals surface area contributed by atoms with E-state index in [4.69, 9.17) is 0 Å². The number of carbonyl (C=O) groups excluding carboxylic acids is 2. The fraction of sp³-hybridized carbons (Fsp3) is 0.273. The summed E-state index contributed by atoms with van der Waals surface area (Å²) in [5.74, 6) is 4.38. The van der Waals surface area contributed by atoms with Gasteiger partial charge in [0.15, 0.2) is 0 Å². The van der Waals surface area contributed by atoms with Crippen molar-refractivity contribution in [2.75, 3.05) is 18.0 Å². The lowest BCUT2D eigenvalue weighted by Crippen LogP contribution is -2.33. The van der Waals surface area contributed by atoms with Crippen molar-refractivity contribution in [1.29, 1.82) is 0 Å². The Kier molecular flexibility index (Phi) is 5.56. The van der Waals surface area contributed by atoms with E-state index < -0.39 is 5.92 Å². The highest BCUT2D eigenvalue weighted by atomic mass is 19.1. The highest BCUT2D eigenvalue weighted by Crippen LogP contribution is 2.26. The molecule has 1 aliphatic heterocycles. The third-order valence-electron chi connectivity index (χ3n) is 4.75. The van der Waals surface area contributed by atoms with E-state index in [2.05, 4.69) is 17.2 Å². The first-order chi connectivity index (χ1) is 13.0. The molecule has 5 heteroatoms. The van der Waals surface area contributed by atoms with Crippen LogP contribution in [0.2, 0.25) is 0 Å². The van der Waals surface area contributed by atoms with Crippen molar-refractivity contribution in [3.8, 4) is 11.8 Å². The summed E-state index contributed by atoms with van der Waals surface area (Å²) in [6, 6.07) is 12.1. The number of amides is 2. The lowest BCUT2D eigenvalue weighted by molar-refractivity contribution is -0.126. The molecule has 138 valence electrons. The van der Waals surface area contributed by atoms with Gasteiger partial charge in [0.05, 0.1) is 18.0 Å². The molecule has 1 heterocycles. The van der Waals surface area contributed by atoms with Crippen LogP contribution in [0.25, 0.3) is 0 Å². The molecule has 2 amide bonds. The SMILES string of the molecule is Cc1ccc(N2CC(C(=O)NCC#Cc3ccccc3F)CC2=O)cc1C. The highest BCUT2D eigenvalue weighted by Gasteiger charge is 2.34. The molecular weight excluding hydrogens is 343 g/mol. The summed E-state index contributed by atoms with van der Waals surface area (Å²) in [4.78, 5) is 26.3. The van der Waals surface area contributed by atoms with E-state index in [1.54, 1.807) is 23.1 Å². The minimum absolute atomic E-state index is 0.0594. The summed E-state index contributed by atoms with van der Waals surface area (Å²) in [6.45, 7) is 4.48. The Balaban J connectivity index is 1.58. The molecule has 0 saturated carbocycles. The lowest BCUT2D eigenvalue weighted by Gasteiger charge is -2.17. The van der Waals surface area contributed by atoms with Crippen LogP contribution in [0, 0.1) is 37.4 Å². The van der Waals surface area contributed by atoms with Crippen LogP contribution in [0.5, 0.6) is 0 Å². The van der Waals surface area contributed by atoms with Gasteiger partial charge in [0.1, 0.15) is 5.82 Å².